The molecular formula is C12H16Cl2O2. The van der Waals surface area contributed by atoms with Crippen molar-refractivity contribution in [2.24, 2.45) is 5.41 Å². The first-order valence-electron chi connectivity index (χ1n) is 5.08. The summed E-state index contributed by atoms with van der Waals surface area (Å²) in [6, 6.07) is 5.45. The fourth-order valence-corrected chi connectivity index (χ4v) is 1.52. The van der Waals surface area contributed by atoms with Gasteiger partial charge in [0.05, 0.1) is 29.9 Å². The molecule has 16 heavy (non-hydrogen) atoms. The second-order valence-corrected chi connectivity index (χ2v) is 5.31. The predicted octanol–water partition coefficient (Wildman–Crippen LogP) is 3.53. The number of hydrogen-bond acceptors (Lipinski definition) is 2. The second-order valence-electron chi connectivity index (χ2n) is 4.53. The highest BCUT2D eigenvalue weighted by atomic mass is 35.5. The number of rotatable bonds is 5. The molecule has 0 spiro atoms. The molecule has 0 amide bonds. The Labute approximate surface area is 106 Å². The molecule has 0 aliphatic carbocycles. The van der Waals surface area contributed by atoms with E-state index in [1.54, 1.807) is 6.07 Å². The van der Waals surface area contributed by atoms with Crippen molar-refractivity contribution in [3.8, 4) is 0 Å². The van der Waals surface area contributed by atoms with E-state index in [1.165, 1.54) is 0 Å². The largest absolute Gasteiger partial charge is 0.396 e. The lowest BCUT2D eigenvalue weighted by atomic mass is 9.97. The smallest absolute Gasteiger partial charge is 0.0732 e. The summed E-state index contributed by atoms with van der Waals surface area (Å²) >= 11 is 11.9. The first-order valence-corrected chi connectivity index (χ1v) is 5.83. The van der Waals surface area contributed by atoms with Crippen LogP contribution in [0.4, 0.5) is 0 Å². The molecule has 0 saturated carbocycles. The number of aliphatic hydroxyl groups is 1. The van der Waals surface area contributed by atoms with Crippen molar-refractivity contribution >= 4 is 23.2 Å². The van der Waals surface area contributed by atoms with Gasteiger partial charge in [-0.05, 0) is 11.6 Å². The van der Waals surface area contributed by atoms with Gasteiger partial charge in [0.15, 0.2) is 0 Å². The molecule has 0 radical (unpaired) electrons. The van der Waals surface area contributed by atoms with Gasteiger partial charge in [0.1, 0.15) is 0 Å². The summed E-state index contributed by atoms with van der Waals surface area (Å²) in [5.41, 5.74) is 0.633. The van der Waals surface area contributed by atoms with E-state index in [1.807, 2.05) is 26.0 Å². The molecule has 0 unspecified atom stereocenters. The SMILES string of the molecule is CC(C)(CO)COCc1cccc(Cl)c1Cl. The summed E-state index contributed by atoms with van der Waals surface area (Å²) in [6.45, 7) is 4.85. The molecule has 1 aromatic rings. The summed E-state index contributed by atoms with van der Waals surface area (Å²) in [5, 5.41) is 10.1. The average molecular weight is 263 g/mol. The topological polar surface area (TPSA) is 29.5 Å². The maximum Gasteiger partial charge on any atom is 0.0732 e. The minimum absolute atomic E-state index is 0.0935. The number of ether oxygens (including phenoxy) is 1. The Morgan fingerprint density at radius 3 is 2.62 bits per heavy atom. The van der Waals surface area contributed by atoms with E-state index in [4.69, 9.17) is 33.0 Å². The molecule has 90 valence electrons. The quantitative estimate of drug-likeness (QED) is 0.880. The van der Waals surface area contributed by atoms with Crippen LogP contribution in [-0.2, 0) is 11.3 Å². The number of aliphatic hydroxyl groups excluding tert-OH is 1. The van der Waals surface area contributed by atoms with Crippen molar-refractivity contribution in [3.05, 3.63) is 33.8 Å². The van der Waals surface area contributed by atoms with Gasteiger partial charge >= 0.3 is 0 Å². The van der Waals surface area contributed by atoms with Gasteiger partial charge in [-0.15, -0.1) is 0 Å². The molecule has 0 heterocycles. The van der Waals surface area contributed by atoms with E-state index >= 15 is 0 Å². The normalized spacial score (nSPS) is 11.8. The average Bonchev–Trinajstić information content (AvgIpc) is 2.24. The maximum atomic E-state index is 9.06. The van der Waals surface area contributed by atoms with E-state index in [9.17, 15) is 0 Å². The van der Waals surface area contributed by atoms with Crippen molar-refractivity contribution in [1.82, 2.24) is 0 Å². The van der Waals surface area contributed by atoms with Crippen molar-refractivity contribution in [1.29, 1.82) is 0 Å². The molecule has 2 nitrogen and oxygen atoms in total. The van der Waals surface area contributed by atoms with Crippen molar-refractivity contribution in [3.63, 3.8) is 0 Å². The molecule has 0 aromatic heterocycles. The molecule has 1 rings (SSSR count). The van der Waals surface area contributed by atoms with Crippen molar-refractivity contribution in [2.75, 3.05) is 13.2 Å². The van der Waals surface area contributed by atoms with Crippen LogP contribution >= 0.6 is 23.2 Å². The highest BCUT2D eigenvalue weighted by Crippen LogP contribution is 2.26. The van der Waals surface area contributed by atoms with E-state index in [0.29, 0.717) is 23.3 Å². The van der Waals surface area contributed by atoms with Crippen LogP contribution in [0, 0.1) is 5.41 Å². The Bertz CT molecular complexity index is 351. The number of hydrogen-bond donors (Lipinski definition) is 1. The van der Waals surface area contributed by atoms with Crippen LogP contribution in [-0.4, -0.2) is 18.3 Å². The van der Waals surface area contributed by atoms with Gasteiger partial charge in [0.2, 0.25) is 0 Å². The Morgan fingerprint density at radius 2 is 2.00 bits per heavy atom. The van der Waals surface area contributed by atoms with Crippen LogP contribution in [0.1, 0.15) is 19.4 Å². The molecule has 0 atom stereocenters. The van der Waals surface area contributed by atoms with Gasteiger partial charge in [0.25, 0.3) is 0 Å². The van der Waals surface area contributed by atoms with Crippen molar-refractivity contribution in [2.45, 2.75) is 20.5 Å². The van der Waals surface area contributed by atoms with Gasteiger partial charge in [-0.3, -0.25) is 0 Å². The van der Waals surface area contributed by atoms with E-state index in [2.05, 4.69) is 0 Å². The second kappa shape index (κ2) is 5.87. The zero-order valence-electron chi connectivity index (χ0n) is 9.46. The third-order valence-corrected chi connectivity index (χ3v) is 3.07. The van der Waals surface area contributed by atoms with Gasteiger partial charge in [-0.25, -0.2) is 0 Å². The summed E-state index contributed by atoms with van der Waals surface area (Å²) < 4.78 is 5.51. The lowest BCUT2D eigenvalue weighted by Crippen LogP contribution is -2.23. The molecule has 0 saturated heterocycles. The minimum atomic E-state index is -0.231. The van der Waals surface area contributed by atoms with E-state index in [0.717, 1.165) is 5.56 Å². The van der Waals surface area contributed by atoms with Crippen LogP contribution < -0.4 is 0 Å². The van der Waals surface area contributed by atoms with Crippen LogP contribution in [0.5, 0.6) is 0 Å². The third-order valence-electron chi connectivity index (χ3n) is 2.21. The Balaban J connectivity index is 2.53. The van der Waals surface area contributed by atoms with Crippen LogP contribution in [0.25, 0.3) is 0 Å². The van der Waals surface area contributed by atoms with Gasteiger partial charge in [-0.1, -0.05) is 49.2 Å². The van der Waals surface area contributed by atoms with E-state index < -0.39 is 0 Å². The fraction of sp³-hybridized carbons (Fsp3) is 0.500. The minimum Gasteiger partial charge on any atom is -0.396 e. The highest BCUT2D eigenvalue weighted by molar-refractivity contribution is 6.42. The summed E-state index contributed by atoms with van der Waals surface area (Å²) in [7, 11) is 0. The molecule has 4 heteroatoms. The molecular weight excluding hydrogens is 247 g/mol. The fourth-order valence-electron chi connectivity index (χ4n) is 1.14. The highest BCUT2D eigenvalue weighted by Gasteiger charge is 2.16. The van der Waals surface area contributed by atoms with Crippen molar-refractivity contribution < 1.29 is 9.84 Å². The standard InChI is InChI=1S/C12H16Cl2O2/c1-12(2,7-15)8-16-6-9-4-3-5-10(13)11(9)14/h3-5,15H,6-8H2,1-2H3. The lowest BCUT2D eigenvalue weighted by Gasteiger charge is -2.21. The summed E-state index contributed by atoms with van der Waals surface area (Å²) in [5.74, 6) is 0. The zero-order chi connectivity index (χ0) is 12.2. The predicted molar refractivity (Wildman–Crippen MR) is 67.0 cm³/mol. The zero-order valence-corrected chi connectivity index (χ0v) is 11.0. The summed E-state index contributed by atoms with van der Waals surface area (Å²) in [6.07, 6.45) is 0. The van der Waals surface area contributed by atoms with Crippen LogP contribution in [0.2, 0.25) is 10.0 Å². The Morgan fingerprint density at radius 1 is 1.31 bits per heavy atom. The molecule has 1 N–H and O–H groups in total. The molecule has 0 bridgehead atoms. The van der Waals surface area contributed by atoms with Gasteiger partial charge < -0.3 is 9.84 Å². The van der Waals surface area contributed by atoms with Gasteiger partial charge in [0, 0.05) is 5.41 Å². The Hall–Kier alpha value is -0.280. The number of benzene rings is 1. The van der Waals surface area contributed by atoms with E-state index in [-0.39, 0.29) is 12.0 Å². The van der Waals surface area contributed by atoms with Gasteiger partial charge in [-0.2, -0.15) is 0 Å². The summed E-state index contributed by atoms with van der Waals surface area (Å²) in [4.78, 5) is 0. The third kappa shape index (κ3) is 3.95. The molecule has 0 fully saturated rings. The first kappa shape index (κ1) is 13.8. The molecule has 1 aromatic carbocycles. The first-order chi connectivity index (χ1) is 7.46. The Kier molecular flexibility index (Phi) is 5.06. The lowest BCUT2D eigenvalue weighted by molar-refractivity contribution is 0.0198. The monoisotopic (exact) mass is 262 g/mol. The maximum absolute atomic E-state index is 9.06. The molecule has 0 aliphatic rings. The number of halogens is 2. The van der Waals surface area contributed by atoms with Crippen LogP contribution in [0.15, 0.2) is 18.2 Å². The van der Waals surface area contributed by atoms with Crippen LogP contribution in [0.3, 0.4) is 0 Å². The molecule has 0 aliphatic heterocycles.